The van der Waals surface area contributed by atoms with Gasteiger partial charge in [-0.25, -0.2) is 9.97 Å². The van der Waals surface area contributed by atoms with Crippen molar-refractivity contribution in [3.63, 3.8) is 0 Å². The number of nitrogens with zero attached hydrogens (tertiary/aromatic N) is 4. The third kappa shape index (κ3) is 5.29. The summed E-state index contributed by atoms with van der Waals surface area (Å²) in [5.41, 5.74) is 8.81. The summed E-state index contributed by atoms with van der Waals surface area (Å²) in [6.45, 7) is 1.64. The molecule has 1 amide bonds. The highest BCUT2D eigenvalue weighted by Crippen LogP contribution is 2.38. The Bertz CT molecular complexity index is 2030. The fourth-order valence-electron chi connectivity index (χ4n) is 7.24. The quantitative estimate of drug-likeness (QED) is 0.195. The van der Waals surface area contributed by atoms with Crippen LogP contribution in [0.4, 0.5) is 0 Å². The average molecular weight is 611 g/mol. The molecule has 1 aliphatic heterocycles. The predicted octanol–water partition coefficient (Wildman–Crippen LogP) is 9.98. The van der Waals surface area contributed by atoms with Gasteiger partial charge in [-0.05, 0) is 97.5 Å². The summed E-state index contributed by atoms with van der Waals surface area (Å²) in [6.07, 6.45) is 8.37. The molecule has 1 saturated heterocycles. The molecular formula is C39H35ClN4O. The van der Waals surface area contributed by atoms with Crippen molar-refractivity contribution >= 4 is 39.4 Å². The Balaban J connectivity index is 1.21. The lowest BCUT2D eigenvalue weighted by Crippen LogP contribution is -2.27. The lowest BCUT2D eigenvalue weighted by Gasteiger charge is -2.25. The maximum Gasteiger partial charge on any atom is 0.253 e. The molecule has 4 aromatic carbocycles. The van der Waals surface area contributed by atoms with Crippen LogP contribution >= 0.6 is 11.6 Å². The van der Waals surface area contributed by atoms with Crippen molar-refractivity contribution in [1.82, 2.24) is 19.4 Å². The van der Waals surface area contributed by atoms with Gasteiger partial charge in [-0.3, -0.25) is 4.79 Å². The highest BCUT2D eigenvalue weighted by atomic mass is 35.5. The summed E-state index contributed by atoms with van der Waals surface area (Å²) >= 11 is 6.23. The van der Waals surface area contributed by atoms with Crippen molar-refractivity contribution in [2.24, 2.45) is 0 Å². The Kier molecular flexibility index (Phi) is 7.34. The molecule has 6 aromatic rings. The Morgan fingerprint density at radius 3 is 2.29 bits per heavy atom. The van der Waals surface area contributed by atoms with E-state index in [4.69, 9.17) is 21.6 Å². The van der Waals surface area contributed by atoms with E-state index in [0.29, 0.717) is 16.6 Å². The first-order valence-corrected chi connectivity index (χ1v) is 16.6. The monoisotopic (exact) mass is 610 g/mol. The van der Waals surface area contributed by atoms with Crippen LogP contribution in [-0.4, -0.2) is 38.4 Å². The number of aromatic nitrogens is 3. The first kappa shape index (κ1) is 28.0. The highest BCUT2D eigenvalue weighted by Gasteiger charge is 2.24. The summed E-state index contributed by atoms with van der Waals surface area (Å²) in [7, 11) is 0. The first-order chi connectivity index (χ1) is 22.1. The highest BCUT2D eigenvalue weighted by molar-refractivity contribution is 6.30. The molecular weight excluding hydrogens is 576 g/mol. The zero-order chi connectivity index (χ0) is 30.3. The number of carbonyl (C=O) groups excluding carboxylic acids is 1. The van der Waals surface area contributed by atoms with Crippen molar-refractivity contribution in [3.8, 4) is 33.8 Å². The average Bonchev–Trinajstić information content (AvgIpc) is 3.77. The van der Waals surface area contributed by atoms with Gasteiger partial charge in [0.25, 0.3) is 5.91 Å². The summed E-state index contributed by atoms with van der Waals surface area (Å²) in [5.74, 6) is 1.12. The van der Waals surface area contributed by atoms with Crippen LogP contribution in [0, 0.1) is 0 Å². The van der Waals surface area contributed by atoms with Crippen molar-refractivity contribution in [3.05, 3.63) is 108 Å². The second-order valence-electron chi connectivity index (χ2n) is 12.5. The smallest absolute Gasteiger partial charge is 0.253 e. The van der Waals surface area contributed by atoms with E-state index in [1.165, 1.54) is 37.6 Å². The summed E-state index contributed by atoms with van der Waals surface area (Å²) in [4.78, 5) is 25.6. The normalized spacial score (nSPS) is 15.7. The summed E-state index contributed by atoms with van der Waals surface area (Å²) in [6, 6.07) is 33.6. The van der Waals surface area contributed by atoms with Gasteiger partial charge >= 0.3 is 0 Å². The number of para-hydroxylation sites is 2. The van der Waals surface area contributed by atoms with Crippen LogP contribution in [-0.2, 0) is 0 Å². The lowest BCUT2D eigenvalue weighted by molar-refractivity contribution is 0.0793. The number of imidazole rings is 1. The zero-order valence-corrected chi connectivity index (χ0v) is 26.0. The van der Waals surface area contributed by atoms with Crippen LogP contribution in [0.3, 0.4) is 0 Å². The number of halogens is 1. The molecule has 0 N–H and O–H groups in total. The van der Waals surface area contributed by atoms with Crippen molar-refractivity contribution < 1.29 is 4.79 Å². The van der Waals surface area contributed by atoms with Crippen LogP contribution in [0.15, 0.2) is 97.1 Å². The zero-order valence-electron chi connectivity index (χ0n) is 25.3. The minimum Gasteiger partial charge on any atom is -0.339 e. The predicted molar refractivity (Wildman–Crippen MR) is 184 cm³/mol. The molecule has 0 spiro atoms. The lowest BCUT2D eigenvalue weighted by atomic mass is 9.94. The summed E-state index contributed by atoms with van der Waals surface area (Å²) in [5, 5.41) is 1.76. The Morgan fingerprint density at radius 1 is 0.689 bits per heavy atom. The van der Waals surface area contributed by atoms with E-state index >= 15 is 0 Å². The Hall–Kier alpha value is -4.48. The molecule has 2 fully saturated rings. The van der Waals surface area contributed by atoms with Gasteiger partial charge in [0.2, 0.25) is 0 Å². The number of hydrogen-bond acceptors (Lipinski definition) is 3. The number of amides is 1. The number of fused-ring (bicyclic) bond motifs is 2. The van der Waals surface area contributed by atoms with Gasteiger partial charge in [0.05, 0.1) is 22.2 Å². The molecule has 45 heavy (non-hydrogen) atoms. The fraction of sp³-hybridized carbons (Fsp3) is 0.256. The molecule has 5 nitrogen and oxygen atoms in total. The molecule has 0 bridgehead atoms. The number of benzene rings is 4. The van der Waals surface area contributed by atoms with Gasteiger partial charge in [0, 0.05) is 46.2 Å². The Morgan fingerprint density at radius 2 is 1.47 bits per heavy atom. The van der Waals surface area contributed by atoms with Crippen LogP contribution in [0.5, 0.6) is 0 Å². The molecule has 0 unspecified atom stereocenters. The molecule has 8 rings (SSSR count). The molecule has 2 aromatic heterocycles. The molecule has 6 heteroatoms. The fourth-order valence-corrected chi connectivity index (χ4v) is 7.37. The summed E-state index contributed by atoms with van der Waals surface area (Å²) < 4.78 is 2.48. The van der Waals surface area contributed by atoms with Gasteiger partial charge in [-0.1, -0.05) is 67.3 Å². The molecule has 0 atom stereocenters. The van der Waals surface area contributed by atoms with E-state index in [1.54, 1.807) is 0 Å². The third-order valence-electron chi connectivity index (χ3n) is 9.57. The first-order valence-electron chi connectivity index (χ1n) is 16.2. The molecule has 1 aliphatic carbocycles. The minimum atomic E-state index is 0.0858. The van der Waals surface area contributed by atoms with Gasteiger partial charge in [-0.15, -0.1) is 0 Å². The maximum atomic E-state index is 13.4. The van der Waals surface area contributed by atoms with E-state index < -0.39 is 0 Å². The largest absolute Gasteiger partial charge is 0.339 e. The van der Waals surface area contributed by atoms with Gasteiger partial charge in [-0.2, -0.15) is 0 Å². The third-order valence-corrected chi connectivity index (χ3v) is 9.83. The van der Waals surface area contributed by atoms with Crippen molar-refractivity contribution in [1.29, 1.82) is 0 Å². The van der Waals surface area contributed by atoms with E-state index in [9.17, 15) is 4.79 Å². The molecule has 224 valence electrons. The number of rotatable bonds is 5. The van der Waals surface area contributed by atoms with E-state index in [1.807, 2.05) is 47.4 Å². The number of likely N-dealkylation sites (tertiary alicyclic amines) is 1. The van der Waals surface area contributed by atoms with Crippen LogP contribution in [0.25, 0.3) is 55.7 Å². The van der Waals surface area contributed by atoms with Gasteiger partial charge in [0.1, 0.15) is 5.82 Å². The number of hydrogen-bond donors (Lipinski definition) is 0. The SMILES string of the molecule is O=C(c1ccc(-c2ccc(Cl)cc2)c(-c2ccc3cc(-c4nc5ccccc5n4C4CCCCC4)ccc3n2)c1)N1CCCC1. The van der Waals surface area contributed by atoms with E-state index in [2.05, 4.69) is 59.2 Å². The number of carbonyl (C=O) groups is 1. The van der Waals surface area contributed by atoms with Crippen molar-refractivity contribution in [2.45, 2.75) is 51.0 Å². The topological polar surface area (TPSA) is 51.0 Å². The van der Waals surface area contributed by atoms with Gasteiger partial charge in [0.15, 0.2) is 0 Å². The molecule has 0 radical (unpaired) electrons. The van der Waals surface area contributed by atoms with Crippen LogP contribution < -0.4 is 0 Å². The van der Waals surface area contributed by atoms with E-state index in [0.717, 1.165) is 76.1 Å². The number of pyridine rings is 1. The molecule has 1 saturated carbocycles. The minimum absolute atomic E-state index is 0.0858. The Labute approximate surface area is 268 Å². The maximum absolute atomic E-state index is 13.4. The van der Waals surface area contributed by atoms with Gasteiger partial charge < -0.3 is 9.47 Å². The van der Waals surface area contributed by atoms with Crippen LogP contribution in [0.1, 0.15) is 61.3 Å². The van der Waals surface area contributed by atoms with Crippen LogP contribution in [0.2, 0.25) is 5.02 Å². The van der Waals surface area contributed by atoms with E-state index in [-0.39, 0.29) is 5.91 Å². The standard InChI is InChI=1S/C39H35ClN4O/c40-30-17-12-26(13-18-30)32-19-14-29(39(45)43-22-6-7-23-43)25-33(32)35-21-15-27-24-28(16-20-34(27)41-35)38-42-36-10-4-5-11-37(36)44(38)31-8-2-1-3-9-31/h4-5,10-21,24-25,31H,1-3,6-9,22-23H2. The second kappa shape index (κ2) is 11.8. The van der Waals surface area contributed by atoms with Crippen molar-refractivity contribution in [2.75, 3.05) is 13.1 Å². The molecule has 3 heterocycles. The molecule has 2 aliphatic rings. The second-order valence-corrected chi connectivity index (χ2v) is 12.9.